The van der Waals surface area contributed by atoms with E-state index in [0.29, 0.717) is 43.9 Å². The molecule has 2 fully saturated rings. The number of hydrogen-bond donors (Lipinski definition) is 1. The highest BCUT2D eigenvalue weighted by Crippen LogP contribution is 2.27. The van der Waals surface area contributed by atoms with Crippen molar-refractivity contribution in [3.8, 4) is 0 Å². The minimum absolute atomic E-state index is 0.00149. The molecule has 0 radical (unpaired) electrons. The van der Waals surface area contributed by atoms with Crippen molar-refractivity contribution in [2.45, 2.75) is 44.9 Å². The molecule has 5 heteroatoms. The fraction of sp³-hybridized carbons (Fsp3) is 0.600. The van der Waals surface area contributed by atoms with Crippen molar-refractivity contribution < 1.29 is 9.59 Å². The molecule has 0 unspecified atom stereocenters. The maximum absolute atomic E-state index is 12.5. The largest absolute Gasteiger partial charge is 0.399 e. The number of carbonyl (C=O) groups excluding carboxylic acids is 2. The van der Waals surface area contributed by atoms with Gasteiger partial charge in [-0.25, -0.2) is 0 Å². The first-order valence-electron chi connectivity index (χ1n) is 9.56. The van der Waals surface area contributed by atoms with E-state index in [0.717, 1.165) is 12.3 Å². The highest BCUT2D eigenvalue weighted by atomic mass is 16.2. The minimum atomic E-state index is 0.00149. The number of anilines is 1. The third kappa shape index (κ3) is 4.74. The van der Waals surface area contributed by atoms with Crippen LogP contribution in [-0.2, 0) is 4.79 Å². The molecule has 3 rings (SSSR count). The molecular weight excluding hydrogens is 314 g/mol. The predicted molar refractivity (Wildman–Crippen MR) is 99.1 cm³/mol. The van der Waals surface area contributed by atoms with Crippen LogP contribution >= 0.6 is 0 Å². The molecule has 1 aliphatic carbocycles. The quantitative estimate of drug-likeness (QED) is 0.855. The molecule has 2 amide bonds. The zero-order chi connectivity index (χ0) is 17.6. The third-order valence-electron chi connectivity index (χ3n) is 5.54. The average Bonchev–Trinajstić information content (AvgIpc) is 2.66. The van der Waals surface area contributed by atoms with Crippen LogP contribution in [0.3, 0.4) is 0 Å². The minimum Gasteiger partial charge on any atom is -0.399 e. The summed E-state index contributed by atoms with van der Waals surface area (Å²) < 4.78 is 0. The summed E-state index contributed by atoms with van der Waals surface area (Å²) in [6, 6.07) is 7.08. The topological polar surface area (TPSA) is 66.6 Å². The summed E-state index contributed by atoms with van der Waals surface area (Å²) in [6.45, 7) is 2.47. The molecule has 5 nitrogen and oxygen atoms in total. The highest BCUT2D eigenvalue weighted by Gasteiger charge is 2.25. The van der Waals surface area contributed by atoms with Gasteiger partial charge < -0.3 is 15.5 Å². The van der Waals surface area contributed by atoms with E-state index in [-0.39, 0.29) is 11.8 Å². The second kappa shape index (κ2) is 8.37. The maximum Gasteiger partial charge on any atom is 0.254 e. The van der Waals surface area contributed by atoms with Crippen LogP contribution in [0.1, 0.15) is 55.3 Å². The van der Waals surface area contributed by atoms with Gasteiger partial charge in [0.25, 0.3) is 5.91 Å². The van der Waals surface area contributed by atoms with Crippen molar-refractivity contribution in [3.05, 3.63) is 29.8 Å². The Morgan fingerprint density at radius 3 is 2.36 bits per heavy atom. The lowest BCUT2D eigenvalue weighted by Crippen LogP contribution is -2.50. The zero-order valence-corrected chi connectivity index (χ0v) is 15.0. The normalized spacial score (nSPS) is 19.0. The molecule has 2 aliphatic rings. The van der Waals surface area contributed by atoms with Gasteiger partial charge in [-0.1, -0.05) is 38.2 Å². The molecule has 0 bridgehead atoms. The Kier molecular flexibility index (Phi) is 5.95. The van der Waals surface area contributed by atoms with Gasteiger partial charge in [0.15, 0.2) is 0 Å². The maximum atomic E-state index is 12.5. The van der Waals surface area contributed by atoms with E-state index in [1.165, 1.54) is 32.1 Å². The number of amides is 2. The second-order valence-corrected chi connectivity index (χ2v) is 7.34. The number of benzene rings is 1. The molecule has 25 heavy (non-hydrogen) atoms. The number of piperazine rings is 1. The van der Waals surface area contributed by atoms with Crippen molar-refractivity contribution >= 4 is 17.5 Å². The first-order valence-corrected chi connectivity index (χ1v) is 9.56. The number of nitrogen functional groups attached to an aromatic ring is 1. The first kappa shape index (κ1) is 17.8. The number of nitrogens with zero attached hydrogens (tertiary/aromatic N) is 2. The van der Waals surface area contributed by atoms with Gasteiger partial charge in [0.2, 0.25) is 5.91 Å². The van der Waals surface area contributed by atoms with Crippen LogP contribution < -0.4 is 5.73 Å². The van der Waals surface area contributed by atoms with Gasteiger partial charge >= 0.3 is 0 Å². The third-order valence-corrected chi connectivity index (χ3v) is 5.54. The van der Waals surface area contributed by atoms with E-state index in [2.05, 4.69) is 0 Å². The van der Waals surface area contributed by atoms with Gasteiger partial charge in [-0.3, -0.25) is 9.59 Å². The van der Waals surface area contributed by atoms with Crippen molar-refractivity contribution in [2.24, 2.45) is 5.92 Å². The summed E-state index contributed by atoms with van der Waals surface area (Å²) >= 11 is 0. The van der Waals surface area contributed by atoms with E-state index < -0.39 is 0 Å². The second-order valence-electron chi connectivity index (χ2n) is 7.34. The first-order chi connectivity index (χ1) is 12.1. The smallest absolute Gasteiger partial charge is 0.254 e. The lowest BCUT2D eigenvalue weighted by Gasteiger charge is -2.35. The van der Waals surface area contributed by atoms with E-state index in [4.69, 9.17) is 5.73 Å². The number of nitrogens with two attached hydrogens (primary N) is 1. The van der Waals surface area contributed by atoms with E-state index >= 15 is 0 Å². The van der Waals surface area contributed by atoms with Gasteiger partial charge in [0.05, 0.1) is 0 Å². The Morgan fingerprint density at radius 1 is 1.00 bits per heavy atom. The Balaban J connectivity index is 1.44. The molecule has 1 aromatic carbocycles. The lowest BCUT2D eigenvalue weighted by atomic mass is 9.86. The van der Waals surface area contributed by atoms with Crippen LogP contribution in [0.2, 0.25) is 0 Å². The fourth-order valence-corrected chi connectivity index (χ4v) is 3.97. The molecule has 136 valence electrons. The molecule has 2 N–H and O–H groups in total. The molecular formula is C20H29N3O2. The molecule has 1 saturated carbocycles. The molecule has 1 aromatic rings. The molecule has 0 atom stereocenters. The van der Waals surface area contributed by atoms with Gasteiger partial charge in [0, 0.05) is 43.9 Å². The van der Waals surface area contributed by atoms with Gasteiger partial charge in [0.1, 0.15) is 0 Å². The zero-order valence-electron chi connectivity index (χ0n) is 15.0. The summed E-state index contributed by atoms with van der Waals surface area (Å²) in [5.41, 5.74) is 6.98. The van der Waals surface area contributed by atoms with E-state index in [1.54, 1.807) is 24.3 Å². The van der Waals surface area contributed by atoms with Gasteiger partial charge in [-0.2, -0.15) is 0 Å². The van der Waals surface area contributed by atoms with Crippen LogP contribution in [0.4, 0.5) is 5.69 Å². The summed E-state index contributed by atoms with van der Waals surface area (Å²) in [4.78, 5) is 28.7. The van der Waals surface area contributed by atoms with Crippen molar-refractivity contribution in [1.82, 2.24) is 9.80 Å². The Morgan fingerprint density at radius 2 is 1.68 bits per heavy atom. The standard InChI is InChI=1S/C20H29N3O2/c21-18-8-4-7-17(15-18)20(25)23-13-11-22(12-14-23)19(24)10-9-16-5-2-1-3-6-16/h4,7-8,15-16H,1-3,5-6,9-14,21H2. The molecule has 0 aromatic heterocycles. The highest BCUT2D eigenvalue weighted by molar-refractivity contribution is 5.95. The summed E-state index contributed by atoms with van der Waals surface area (Å²) in [5.74, 6) is 0.993. The van der Waals surface area contributed by atoms with Crippen molar-refractivity contribution in [2.75, 3.05) is 31.9 Å². The number of hydrogen-bond acceptors (Lipinski definition) is 3. The van der Waals surface area contributed by atoms with Crippen molar-refractivity contribution in [1.29, 1.82) is 0 Å². The van der Waals surface area contributed by atoms with Crippen LogP contribution in [0.25, 0.3) is 0 Å². The lowest BCUT2D eigenvalue weighted by molar-refractivity contribution is -0.133. The fourth-order valence-electron chi connectivity index (χ4n) is 3.97. The van der Waals surface area contributed by atoms with Crippen LogP contribution in [0, 0.1) is 5.92 Å². The van der Waals surface area contributed by atoms with Gasteiger partial charge in [-0.15, -0.1) is 0 Å². The van der Waals surface area contributed by atoms with E-state index in [9.17, 15) is 9.59 Å². The Hall–Kier alpha value is -2.04. The molecule has 1 heterocycles. The van der Waals surface area contributed by atoms with Crippen LogP contribution in [-0.4, -0.2) is 47.8 Å². The average molecular weight is 343 g/mol. The molecule has 1 saturated heterocycles. The van der Waals surface area contributed by atoms with Crippen LogP contribution in [0.15, 0.2) is 24.3 Å². The van der Waals surface area contributed by atoms with E-state index in [1.807, 2.05) is 9.80 Å². The predicted octanol–water partition coefficient (Wildman–Crippen LogP) is 2.91. The molecule has 0 spiro atoms. The van der Waals surface area contributed by atoms with Crippen molar-refractivity contribution in [3.63, 3.8) is 0 Å². The summed E-state index contributed by atoms with van der Waals surface area (Å²) in [7, 11) is 0. The SMILES string of the molecule is Nc1cccc(C(=O)N2CCN(C(=O)CCC3CCCCC3)CC2)c1. The Bertz CT molecular complexity index is 603. The monoisotopic (exact) mass is 343 g/mol. The molecule has 1 aliphatic heterocycles. The van der Waals surface area contributed by atoms with Gasteiger partial charge in [-0.05, 0) is 30.5 Å². The summed E-state index contributed by atoms with van der Waals surface area (Å²) in [6.07, 6.45) is 8.27. The Labute approximate surface area is 150 Å². The van der Waals surface area contributed by atoms with Crippen LogP contribution in [0.5, 0.6) is 0 Å². The summed E-state index contributed by atoms with van der Waals surface area (Å²) in [5, 5.41) is 0. The number of rotatable bonds is 4. The number of carbonyl (C=O) groups is 2.